The Kier molecular flexibility index (Phi) is 7.34. The average molecular weight is 424 g/mol. The van der Waals surface area contributed by atoms with E-state index in [1.54, 1.807) is 16.4 Å². The molecular weight excluding hydrogens is 405 g/mol. The quantitative estimate of drug-likeness (QED) is 0.409. The van der Waals surface area contributed by atoms with Crippen molar-refractivity contribution in [3.05, 3.63) is 58.1 Å². The number of rotatable bonds is 9. The van der Waals surface area contributed by atoms with Crippen LogP contribution in [0.15, 0.2) is 47.6 Å². The van der Waals surface area contributed by atoms with Crippen molar-refractivity contribution in [2.24, 2.45) is 0 Å². The van der Waals surface area contributed by atoms with Crippen LogP contribution >= 0.6 is 35.0 Å². The first-order valence-corrected chi connectivity index (χ1v) is 10.2. The molecule has 0 saturated carbocycles. The third kappa shape index (κ3) is 5.35. The molecule has 1 heterocycles. The minimum absolute atomic E-state index is 0.525. The molecule has 0 fully saturated rings. The van der Waals surface area contributed by atoms with E-state index in [-0.39, 0.29) is 0 Å². The van der Waals surface area contributed by atoms with E-state index in [1.165, 1.54) is 0 Å². The number of benzene rings is 2. The van der Waals surface area contributed by atoms with Gasteiger partial charge in [-0.3, -0.25) is 0 Å². The summed E-state index contributed by atoms with van der Waals surface area (Å²) < 4.78 is 7.18. The van der Waals surface area contributed by atoms with Crippen molar-refractivity contribution < 1.29 is 4.74 Å². The zero-order valence-corrected chi connectivity index (χ0v) is 17.1. The molecule has 9 heteroatoms. The smallest absolute Gasteiger partial charge is 0.214 e. The van der Waals surface area contributed by atoms with E-state index in [0.717, 1.165) is 28.7 Å². The summed E-state index contributed by atoms with van der Waals surface area (Å²) in [5.74, 6) is 1.36. The van der Waals surface area contributed by atoms with Crippen LogP contribution in [0.25, 0.3) is 5.69 Å². The normalized spacial score (nSPS) is 10.9. The van der Waals surface area contributed by atoms with Crippen molar-refractivity contribution in [1.82, 2.24) is 25.5 Å². The molecule has 1 aromatic heterocycles. The summed E-state index contributed by atoms with van der Waals surface area (Å²) in [6, 6.07) is 13.6. The fourth-order valence-corrected chi connectivity index (χ4v) is 3.87. The lowest BCUT2D eigenvalue weighted by Crippen LogP contribution is -2.17. The van der Waals surface area contributed by atoms with Gasteiger partial charge in [-0.2, -0.15) is 4.68 Å². The van der Waals surface area contributed by atoms with Gasteiger partial charge in [0, 0.05) is 18.8 Å². The molecular formula is C18H19Cl2N5OS. The van der Waals surface area contributed by atoms with Crippen molar-refractivity contribution in [2.45, 2.75) is 18.6 Å². The lowest BCUT2D eigenvalue weighted by molar-refractivity contribution is 0.340. The molecule has 6 nitrogen and oxygen atoms in total. The van der Waals surface area contributed by atoms with Crippen LogP contribution in [0.4, 0.5) is 0 Å². The van der Waals surface area contributed by atoms with Crippen LogP contribution in [0.3, 0.4) is 0 Å². The van der Waals surface area contributed by atoms with Gasteiger partial charge in [-0.05, 0) is 47.2 Å². The van der Waals surface area contributed by atoms with Gasteiger partial charge in [-0.25, -0.2) is 0 Å². The second-order valence-electron chi connectivity index (χ2n) is 5.56. The standard InChI is InChI=1S/C18H19Cl2N5OS/c1-2-26-17-15(19)10-13(11-16(17)20)12-21-8-9-27-18-22-23-24-25(18)14-6-4-3-5-7-14/h3-7,10-11,21H,2,8-9,12H2,1H3. The zero-order valence-electron chi connectivity index (χ0n) is 14.7. The van der Waals surface area contributed by atoms with Gasteiger partial charge in [0.25, 0.3) is 0 Å². The first-order valence-electron chi connectivity index (χ1n) is 8.47. The molecule has 27 heavy (non-hydrogen) atoms. The van der Waals surface area contributed by atoms with Crippen molar-refractivity contribution >= 4 is 35.0 Å². The summed E-state index contributed by atoms with van der Waals surface area (Å²) in [6.07, 6.45) is 0. The maximum absolute atomic E-state index is 6.23. The molecule has 0 atom stereocenters. The molecule has 0 unspecified atom stereocenters. The van der Waals surface area contributed by atoms with E-state index in [1.807, 2.05) is 49.4 Å². The van der Waals surface area contributed by atoms with Crippen LogP contribution < -0.4 is 10.1 Å². The molecule has 3 aromatic rings. The van der Waals surface area contributed by atoms with E-state index in [2.05, 4.69) is 20.8 Å². The number of nitrogens with zero attached hydrogens (tertiary/aromatic N) is 4. The molecule has 3 rings (SSSR count). The highest BCUT2D eigenvalue weighted by molar-refractivity contribution is 7.99. The molecule has 0 aliphatic heterocycles. The molecule has 0 spiro atoms. The number of ether oxygens (including phenoxy) is 1. The molecule has 0 aliphatic carbocycles. The predicted molar refractivity (Wildman–Crippen MR) is 109 cm³/mol. The first kappa shape index (κ1) is 19.9. The molecule has 2 aromatic carbocycles. The number of nitrogens with one attached hydrogen (secondary N) is 1. The second-order valence-corrected chi connectivity index (χ2v) is 7.43. The summed E-state index contributed by atoms with van der Waals surface area (Å²) in [4.78, 5) is 0. The highest BCUT2D eigenvalue weighted by Gasteiger charge is 2.10. The lowest BCUT2D eigenvalue weighted by Gasteiger charge is -2.11. The molecule has 1 N–H and O–H groups in total. The van der Waals surface area contributed by atoms with E-state index < -0.39 is 0 Å². The number of para-hydroxylation sites is 1. The van der Waals surface area contributed by atoms with Crippen LogP contribution in [-0.4, -0.2) is 39.1 Å². The van der Waals surface area contributed by atoms with Gasteiger partial charge >= 0.3 is 0 Å². The van der Waals surface area contributed by atoms with Crippen molar-refractivity contribution in [3.8, 4) is 11.4 Å². The van der Waals surface area contributed by atoms with Gasteiger partial charge in [0.2, 0.25) is 5.16 Å². The SMILES string of the molecule is CCOc1c(Cl)cc(CNCCSc2nnnn2-c2ccccc2)cc1Cl. The first-order chi connectivity index (χ1) is 13.2. The van der Waals surface area contributed by atoms with Crippen LogP contribution in [0.5, 0.6) is 5.75 Å². The van der Waals surface area contributed by atoms with E-state index in [4.69, 9.17) is 27.9 Å². The Morgan fingerprint density at radius 3 is 2.59 bits per heavy atom. The summed E-state index contributed by atoms with van der Waals surface area (Å²) in [5.41, 5.74) is 1.95. The van der Waals surface area contributed by atoms with E-state index in [9.17, 15) is 0 Å². The van der Waals surface area contributed by atoms with Gasteiger partial charge in [0.1, 0.15) is 0 Å². The number of hydrogen-bond donors (Lipinski definition) is 1. The number of thioether (sulfide) groups is 1. The van der Waals surface area contributed by atoms with Gasteiger partial charge in [-0.15, -0.1) is 5.10 Å². The van der Waals surface area contributed by atoms with Crippen molar-refractivity contribution in [3.63, 3.8) is 0 Å². The lowest BCUT2D eigenvalue weighted by atomic mass is 10.2. The summed E-state index contributed by atoms with van der Waals surface area (Å²) >= 11 is 14.1. The Bertz CT molecular complexity index is 852. The molecule has 0 saturated heterocycles. The predicted octanol–water partition coefficient (Wildman–Crippen LogP) is 4.25. The van der Waals surface area contributed by atoms with E-state index in [0.29, 0.717) is 28.9 Å². The third-order valence-electron chi connectivity index (χ3n) is 3.63. The van der Waals surface area contributed by atoms with Gasteiger partial charge in [-0.1, -0.05) is 53.2 Å². The minimum atomic E-state index is 0.525. The number of hydrogen-bond acceptors (Lipinski definition) is 6. The Labute approximate surface area is 172 Å². The monoisotopic (exact) mass is 423 g/mol. The Hall–Kier alpha value is -1.80. The van der Waals surface area contributed by atoms with Gasteiger partial charge in [0.05, 0.1) is 22.3 Å². The minimum Gasteiger partial charge on any atom is -0.491 e. The zero-order chi connectivity index (χ0) is 19.1. The van der Waals surface area contributed by atoms with E-state index >= 15 is 0 Å². The second kappa shape index (κ2) is 9.94. The third-order valence-corrected chi connectivity index (χ3v) is 5.11. The van der Waals surface area contributed by atoms with Gasteiger partial charge < -0.3 is 10.1 Å². The maximum atomic E-state index is 6.23. The molecule has 0 amide bonds. The average Bonchev–Trinajstić information content (AvgIpc) is 3.14. The summed E-state index contributed by atoms with van der Waals surface area (Å²) in [5, 5.41) is 17.1. The van der Waals surface area contributed by atoms with Crippen molar-refractivity contribution in [1.29, 1.82) is 0 Å². The highest BCUT2D eigenvalue weighted by atomic mass is 35.5. The Morgan fingerprint density at radius 1 is 1.15 bits per heavy atom. The molecule has 0 radical (unpaired) electrons. The Morgan fingerprint density at radius 2 is 1.89 bits per heavy atom. The van der Waals surface area contributed by atoms with Crippen LogP contribution in [0, 0.1) is 0 Å². The number of tetrazole rings is 1. The van der Waals surface area contributed by atoms with Crippen molar-refractivity contribution in [2.75, 3.05) is 18.9 Å². The summed E-state index contributed by atoms with van der Waals surface area (Å²) in [6.45, 7) is 3.87. The molecule has 142 valence electrons. The van der Waals surface area contributed by atoms with Crippen LogP contribution in [0.2, 0.25) is 10.0 Å². The Balaban J connectivity index is 1.49. The van der Waals surface area contributed by atoms with Crippen LogP contribution in [-0.2, 0) is 6.54 Å². The van der Waals surface area contributed by atoms with Gasteiger partial charge in [0.15, 0.2) is 5.75 Å². The summed E-state index contributed by atoms with van der Waals surface area (Å²) in [7, 11) is 0. The molecule has 0 bridgehead atoms. The fraction of sp³-hybridized carbons (Fsp3) is 0.278. The largest absolute Gasteiger partial charge is 0.491 e. The fourth-order valence-electron chi connectivity index (χ4n) is 2.44. The maximum Gasteiger partial charge on any atom is 0.214 e. The number of halogens is 2. The highest BCUT2D eigenvalue weighted by Crippen LogP contribution is 2.34. The topological polar surface area (TPSA) is 64.9 Å². The number of aromatic nitrogens is 4. The van der Waals surface area contributed by atoms with Crippen LogP contribution in [0.1, 0.15) is 12.5 Å². The molecule has 0 aliphatic rings.